The minimum Gasteiger partial charge on any atom is -0.406 e. The van der Waals surface area contributed by atoms with E-state index >= 15 is 0 Å². The summed E-state index contributed by atoms with van der Waals surface area (Å²) in [7, 11) is 0. The average molecular weight is 415 g/mol. The summed E-state index contributed by atoms with van der Waals surface area (Å²) >= 11 is 0. The summed E-state index contributed by atoms with van der Waals surface area (Å²) in [4.78, 5) is 36.3. The summed E-state index contributed by atoms with van der Waals surface area (Å²) in [5.41, 5.74) is 6.70. The predicted octanol–water partition coefficient (Wildman–Crippen LogP) is 2.87. The predicted molar refractivity (Wildman–Crippen MR) is 100 cm³/mol. The third-order valence-corrected chi connectivity index (χ3v) is 4.48. The average Bonchev–Trinajstić information content (AvgIpc) is 2.95. The van der Waals surface area contributed by atoms with Crippen molar-refractivity contribution < 1.29 is 27.5 Å². The monoisotopic (exact) mass is 415 g/mol. The Labute approximate surface area is 166 Å². The molecule has 10 heteroatoms. The number of ether oxygens (including phenoxy) is 1. The van der Waals surface area contributed by atoms with Crippen molar-refractivity contribution in [3.63, 3.8) is 0 Å². The molecule has 0 fully saturated rings. The van der Waals surface area contributed by atoms with Crippen LogP contribution in [0.25, 0.3) is 16.8 Å². The standard InChI is InChI=1S/C20H12F3N3O4/c21-20(22,23)30-13-6-4-10(5-7-13)11-2-1-3-12(8-11)26-15(27)9-14-16(17(26)24)19(29)25-18(14)28/h1-9H,24H2,(H,25,28,29). The highest BCUT2D eigenvalue weighted by Crippen LogP contribution is 2.29. The number of hydrogen-bond donors (Lipinski definition) is 2. The molecule has 3 N–H and O–H groups in total. The number of amides is 2. The molecule has 0 saturated carbocycles. The number of alkyl halides is 3. The molecule has 30 heavy (non-hydrogen) atoms. The number of nitrogens with two attached hydrogens (primary N) is 1. The van der Waals surface area contributed by atoms with Gasteiger partial charge in [0.05, 0.1) is 16.8 Å². The third kappa shape index (κ3) is 3.39. The minimum absolute atomic E-state index is 0.0846. The Balaban J connectivity index is 1.75. The molecule has 4 rings (SSSR count). The zero-order chi connectivity index (χ0) is 21.6. The number of rotatable bonds is 3. The van der Waals surface area contributed by atoms with Gasteiger partial charge >= 0.3 is 6.36 Å². The van der Waals surface area contributed by atoms with Gasteiger partial charge in [-0.2, -0.15) is 0 Å². The lowest BCUT2D eigenvalue weighted by molar-refractivity contribution is -0.274. The van der Waals surface area contributed by atoms with Crippen molar-refractivity contribution in [2.75, 3.05) is 5.73 Å². The molecule has 7 nitrogen and oxygen atoms in total. The van der Waals surface area contributed by atoms with Crippen molar-refractivity contribution >= 4 is 17.6 Å². The van der Waals surface area contributed by atoms with Crippen LogP contribution in [-0.2, 0) is 0 Å². The first kappa shape index (κ1) is 19.2. The molecular weight excluding hydrogens is 403 g/mol. The van der Waals surface area contributed by atoms with Crippen LogP contribution in [0.15, 0.2) is 59.4 Å². The summed E-state index contributed by atoms with van der Waals surface area (Å²) in [6.45, 7) is 0. The summed E-state index contributed by atoms with van der Waals surface area (Å²) < 4.78 is 41.9. The van der Waals surface area contributed by atoms with E-state index < -0.39 is 23.7 Å². The molecule has 2 aromatic carbocycles. The lowest BCUT2D eigenvalue weighted by Crippen LogP contribution is -2.24. The van der Waals surface area contributed by atoms with Crippen molar-refractivity contribution in [3.05, 3.63) is 76.1 Å². The van der Waals surface area contributed by atoms with Crippen molar-refractivity contribution in [2.45, 2.75) is 6.36 Å². The lowest BCUT2D eigenvalue weighted by Gasteiger charge is -2.13. The normalized spacial score (nSPS) is 13.2. The fraction of sp³-hybridized carbons (Fsp3) is 0.0500. The maximum Gasteiger partial charge on any atom is 0.573 e. The van der Waals surface area contributed by atoms with Crippen molar-refractivity contribution in [1.29, 1.82) is 0 Å². The van der Waals surface area contributed by atoms with E-state index in [0.29, 0.717) is 16.8 Å². The van der Waals surface area contributed by atoms with E-state index in [4.69, 9.17) is 5.73 Å². The topological polar surface area (TPSA) is 103 Å². The second kappa shape index (κ2) is 6.76. The van der Waals surface area contributed by atoms with E-state index in [0.717, 1.165) is 10.6 Å². The van der Waals surface area contributed by atoms with Gasteiger partial charge in [0.15, 0.2) is 0 Å². The van der Waals surface area contributed by atoms with Gasteiger partial charge in [-0.1, -0.05) is 24.3 Å². The number of nitrogens with one attached hydrogen (secondary N) is 1. The van der Waals surface area contributed by atoms with E-state index in [2.05, 4.69) is 10.1 Å². The number of hydrogen-bond acceptors (Lipinski definition) is 5. The van der Waals surface area contributed by atoms with Crippen LogP contribution >= 0.6 is 0 Å². The van der Waals surface area contributed by atoms with Crippen LogP contribution in [0.5, 0.6) is 5.75 Å². The highest BCUT2D eigenvalue weighted by molar-refractivity contribution is 6.23. The fourth-order valence-corrected chi connectivity index (χ4v) is 3.22. The van der Waals surface area contributed by atoms with Crippen molar-refractivity contribution in [2.24, 2.45) is 0 Å². The number of fused-ring (bicyclic) bond motifs is 1. The van der Waals surface area contributed by atoms with Crippen LogP contribution in [0.1, 0.15) is 20.7 Å². The SMILES string of the molecule is Nc1c2c(cc(=O)n1-c1cccc(-c3ccc(OC(F)(F)F)cc3)c1)C(=O)NC2=O. The first-order valence-electron chi connectivity index (χ1n) is 8.52. The molecular formula is C20H12F3N3O4. The summed E-state index contributed by atoms with van der Waals surface area (Å²) in [6, 6.07) is 12.7. The number of nitrogens with zero attached hydrogens (tertiary/aromatic N) is 1. The third-order valence-electron chi connectivity index (χ3n) is 4.48. The largest absolute Gasteiger partial charge is 0.573 e. The second-order valence-corrected chi connectivity index (χ2v) is 6.40. The highest BCUT2D eigenvalue weighted by Gasteiger charge is 2.32. The lowest BCUT2D eigenvalue weighted by atomic mass is 10.0. The number of aromatic nitrogens is 1. The molecule has 1 aliphatic rings. The van der Waals surface area contributed by atoms with Crippen LogP contribution in [0.2, 0.25) is 0 Å². The van der Waals surface area contributed by atoms with Gasteiger partial charge in [0.2, 0.25) is 0 Å². The van der Waals surface area contributed by atoms with E-state index in [1.165, 1.54) is 24.3 Å². The number of halogens is 3. The number of carbonyl (C=O) groups excluding carboxylic acids is 2. The van der Waals surface area contributed by atoms with E-state index in [-0.39, 0.29) is 22.7 Å². The summed E-state index contributed by atoms with van der Waals surface area (Å²) in [5.74, 6) is -1.94. The van der Waals surface area contributed by atoms with Crippen LogP contribution in [-0.4, -0.2) is 22.7 Å². The van der Waals surface area contributed by atoms with Gasteiger partial charge < -0.3 is 10.5 Å². The molecule has 1 aromatic heterocycles. The Kier molecular flexibility index (Phi) is 4.34. The Hall–Kier alpha value is -4.08. The molecule has 0 saturated heterocycles. The summed E-state index contributed by atoms with van der Waals surface area (Å²) in [6.07, 6.45) is -4.79. The van der Waals surface area contributed by atoms with E-state index in [1.807, 2.05) is 0 Å². The van der Waals surface area contributed by atoms with Crippen LogP contribution in [0, 0.1) is 0 Å². The molecule has 2 amide bonds. The number of nitrogen functional groups attached to an aromatic ring is 1. The maximum absolute atomic E-state index is 12.5. The molecule has 3 aromatic rings. The molecule has 0 atom stereocenters. The molecule has 0 aliphatic carbocycles. The van der Waals surface area contributed by atoms with Gasteiger partial charge in [-0.05, 0) is 35.4 Å². The van der Waals surface area contributed by atoms with Gasteiger partial charge in [-0.25, -0.2) is 0 Å². The van der Waals surface area contributed by atoms with E-state index in [9.17, 15) is 27.6 Å². The number of imide groups is 1. The molecule has 1 aliphatic heterocycles. The van der Waals surface area contributed by atoms with E-state index in [1.54, 1.807) is 24.3 Å². The quantitative estimate of drug-likeness (QED) is 0.641. The molecule has 0 unspecified atom stereocenters. The molecule has 0 spiro atoms. The number of anilines is 1. The fourth-order valence-electron chi connectivity index (χ4n) is 3.22. The van der Waals surface area contributed by atoms with Gasteiger partial charge in [0.25, 0.3) is 17.4 Å². The maximum atomic E-state index is 12.5. The van der Waals surface area contributed by atoms with Crippen LogP contribution in [0.4, 0.5) is 19.0 Å². The Bertz CT molecular complexity index is 1250. The molecule has 2 heterocycles. The molecule has 0 radical (unpaired) electrons. The number of pyridine rings is 1. The zero-order valence-corrected chi connectivity index (χ0v) is 15.0. The van der Waals surface area contributed by atoms with Crippen LogP contribution < -0.4 is 21.3 Å². The van der Waals surface area contributed by atoms with Gasteiger partial charge in [-0.3, -0.25) is 24.3 Å². The Morgan fingerprint density at radius 3 is 2.27 bits per heavy atom. The van der Waals surface area contributed by atoms with Crippen molar-refractivity contribution in [1.82, 2.24) is 9.88 Å². The number of carbonyl (C=O) groups is 2. The Morgan fingerprint density at radius 2 is 1.60 bits per heavy atom. The molecule has 0 bridgehead atoms. The van der Waals surface area contributed by atoms with Crippen molar-refractivity contribution in [3.8, 4) is 22.6 Å². The second-order valence-electron chi connectivity index (χ2n) is 6.40. The van der Waals surface area contributed by atoms with Gasteiger partial charge in [0, 0.05) is 6.07 Å². The summed E-state index contributed by atoms with van der Waals surface area (Å²) in [5, 5.41) is 2.09. The Morgan fingerprint density at radius 1 is 0.900 bits per heavy atom. The zero-order valence-electron chi connectivity index (χ0n) is 15.0. The first-order chi connectivity index (χ1) is 14.1. The number of benzene rings is 2. The van der Waals surface area contributed by atoms with Gasteiger partial charge in [0.1, 0.15) is 11.6 Å². The minimum atomic E-state index is -4.79. The first-order valence-corrected chi connectivity index (χ1v) is 8.52. The highest BCUT2D eigenvalue weighted by atomic mass is 19.4. The van der Waals surface area contributed by atoms with Crippen LogP contribution in [0.3, 0.4) is 0 Å². The smallest absolute Gasteiger partial charge is 0.406 e. The van der Waals surface area contributed by atoms with Gasteiger partial charge in [-0.15, -0.1) is 13.2 Å². The molecule has 152 valence electrons.